The van der Waals surface area contributed by atoms with Crippen molar-refractivity contribution in [3.8, 4) is 0 Å². The van der Waals surface area contributed by atoms with Gasteiger partial charge < -0.3 is 10.4 Å². The molecule has 1 saturated carbocycles. The number of carboxylic acid groups (broad SMARTS) is 1. The summed E-state index contributed by atoms with van der Waals surface area (Å²) in [4.78, 5) is 11.1. The average Bonchev–Trinajstić information content (AvgIpc) is 2.93. The molecule has 0 heterocycles. The number of hydrogen-bond acceptors (Lipinski definition) is 2. The van der Waals surface area contributed by atoms with Crippen LogP contribution in [0.4, 0.5) is 13.2 Å². The smallest absolute Gasteiger partial charge is 0.416 e. The van der Waals surface area contributed by atoms with E-state index in [4.69, 9.17) is 5.11 Å². The van der Waals surface area contributed by atoms with E-state index in [2.05, 4.69) is 5.32 Å². The van der Waals surface area contributed by atoms with Crippen LogP contribution >= 0.6 is 0 Å². The first kappa shape index (κ1) is 17.5. The third kappa shape index (κ3) is 4.58. The van der Waals surface area contributed by atoms with Crippen LogP contribution in [0.3, 0.4) is 0 Å². The molecule has 3 nitrogen and oxygen atoms in total. The SMILES string of the molecule is C/C(=C\c1ccccc1C(F)(F)F)CN[C@H]1CCC[C@H]1C(=O)O. The van der Waals surface area contributed by atoms with Gasteiger partial charge in [0.15, 0.2) is 0 Å². The number of rotatable bonds is 5. The van der Waals surface area contributed by atoms with E-state index >= 15 is 0 Å². The molecule has 1 aromatic carbocycles. The second kappa shape index (κ2) is 7.17. The lowest BCUT2D eigenvalue weighted by molar-refractivity contribution is -0.142. The number of benzene rings is 1. The second-order valence-corrected chi connectivity index (χ2v) is 5.94. The van der Waals surface area contributed by atoms with Crippen LogP contribution < -0.4 is 5.32 Å². The first-order chi connectivity index (χ1) is 10.8. The number of nitrogens with one attached hydrogen (secondary N) is 1. The first-order valence-corrected chi connectivity index (χ1v) is 7.58. The summed E-state index contributed by atoms with van der Waals surface area (Å²) in [6, 6.07) is 5.31. The Labute approximate surface area is 133 Å². The molecule has 126 valence electrons. The molecule has 0 bridgehead atoms. The van der Waals surface area contributed by atoms with Crippen molar-refractivity contribution in [1.29, 1.82) is 0 Å². The summed E-state index contributed by atoms with van der Waals surface area (Å²) in [5.41, 5.74) is 0.196. The highest BCUT2D eigenvalue weighted by Gasteiger charge is 2.33. The molecule has 2 atom stereocenters. The quantitative estimate of drug-likeness (QED) is 0.861. The van der Waals surface area contributed by atoms with Gasteiger partial charge in [0.05, 0.1) is 11.5 Å². The lowest BCUT2D eigenvalue weighted by Gasteiger charge is -2.18. The lowest BCUT2D eigenvalue weighted by atomic mass is 10.0. The van der Waals surface area contributed by atoms with Crippen molar-refractivity contribution in [3.05, 3.63) is 41.0 Å². The minimum Gasteiger partial charge on any atom is -0.481 e. The number of halogens is 3. The van der Waals surface area contributed by atoms with Crippen LogP contribution in [0.1, 0.15) is 37.3 Å². The predicted octanol–water partition coefficient (Wildman–Crippen LogP) is 3.95. The molecule has 0 amide bonds. The van der Waals surface area contributed by atoms with Crippen LogP contribution in [-0.4, -0.2) is 23.7 Å². The average molecular weight is 327 g/mol. The number of hydrogen-bond donors (Lipinski definition) is 2. The third-order valence-corrected chi connectivity index (χ3v) is 4.14. The van der Waals surface area contributed by atoms with Crippen molar-refractivity contribution < 1.29 is 23.1 Å². The molecule has 1 aromatic rings. The Kier molecular flexibility index (Phi) is 5.46. The van der Waals surface area contributed by atoms with Crippen molar-refractivity contribution >= 4 is 12.0 Å². The molecule has 0 radical (unpaired) electrons. The zero-order chi connectivity index (χ0) is 17.0. The number of carbonyl (C=O) groups is 1. The van der Waals surface area contributed by atoms with Crippen molar-refractivity contribution in [2.45, 2.75) is 38.4 Å². The van der Waals surface area contributed by atoms with Gasteiger partial charge in [-0.1, -0.05) is 36.3 Å². The highest BCUT2D eigenvalue weighted by atomic mass is 19.4. The summed E-state index contributed by atoms with van der Waals surface area (Å²) >= 11 is 0. The van der Waals surface area contributed by atoms with E-state index in [9.17, 15) is 18.0 Å². The monoisotopic (exact) mass is 327 g/mol. The van der Waals surface area contributed by atoms with Gasteiger partial charge >= 0.3 is 12.1 Å². The Bertz CT molecular complexity index is 596. The van der Waals surface area contributed by atoms with Gasteiger partial charge in [-0.15, -0.1) is 0 Å². The summed E-state index contributed by atoms with van der Waals surface area (Å²) in [7, 11) is 0. The minimum atomic E-state index is -4.39. The third-order valence-electron chi connectivity index (χ3n) is 4.14. The molecule has 2 rings (SSSR count). The van der Waals surface area contributed by atoms with Gasteiger partial charge in [0, 0.05) is 12.6 Å². The van der Waals surface area contributed by atoms with Crippen LogP contribution in [0.2, 0.25) is 0 Å². The fraction of sp³-hybridized carbons (Fsp3) is 0.471. The van der Waals surface area contributed by atoms with Gasteiger partial charge in [0.1, 0.15) is 0 Å². The lowest BCUT2D eigenvalue weighted by Crippen LogP contribution is -2.37. The van der Waals surface area contributed by atoms with Gasteiger partial charge in [-0.25, -0.2) is 0 Å². The molecule has 1 aliphatic carbocycles. The molecule has 2 N–H and O–H groups in total. The van der Waals surface area contributed by atoms with Crippen LogP contribution in [0.25, 0.3) is 6.08 Å². The Morgan fingerprint density at radius 3 is 2.70 bits per heavy atom. The zero-order valence-electron chi connectivity index (χ0n) is 12.9. The van der Waals surface area contributed by atoms with Crippen LogP contribution in [0, 0.1) is 5.92 Å². The molecule has 0 aromatic heterocycles. The number of aliphatic carboxylic acids is 1. The molecule has 1 fully saturated rings. The fourth-order valence-electron chi connectivity index (χ4n) is 2.99. The zero-order valence-corrected chi connectivity index (χ0v) is 12.9. The summed E-state index contributed by atoms with van der Waals surface area (Å²) in [5, 5.41) is 12.3. The van der Waals surface area contributed by atoms with Crippen molar-refractivity contribution in [1.82, 2.24) is 5.32 Å². The Morgan fingerprint density at radius 2 is 2.04 bits per heavy atom. The molecule has 1 aliphatic rings. The van der Waals surface area contributed by atoms with Crippen LogP contribution in [-0.2, 0) is 11.0 Å². The standard InChI is InChI=1S/C17H20F3NO2/c1-11(10-21-15-8-4-6-13(15)16(22)23)9-12-5-2-3-7-14(12)17(18,19)20/h2-3,5,7,9,13,15,21H,4,6,8,10H2,1H3,(H,22,23)/b11-9+/t13-,15+/m1/s1. The van der Waals surface area contributed by atoms with Crippen molar-refractivity contribution in [3.63, 3.8) is 0 Å². The van der Waals surface area contributed by atoms with E-state index < -0.39 is 23.6 Å². The second-order valence-electron chi connectivity index (χ2n) is 5.94. The van der Waals surface area contributed by atoms with E-state index in [0.717, 1.165) is 24.5 Å². The van der Waals surface area contributed by atoms with Gasteiger partial charge in [-0.2, -0.15) is 13.2 Å². The van der Waals surface area contributed by atoms with E-state index in [0.29, 0.717) is 13.0 Å². The van der Waals surface area contributed by atoms with Crippen LogP contribution in [0.5, 0.6) is 0 Å². The predicted molar refractivity (Wildman–Crippen MR) is 81.9 cm³/mol. The van der Waals surface area contributed by atoms with Gasteiger partial charge in [0.25, 0.3) is 0 Å². The minimum absolute atomic E-state index is 0.117. The summed E-state index contributed by atoms with van der Waals surface area (Å²) < 4.78 is 38.9. The Morgan fingerprint density at radius 1 is 1.35 bits per heavy atom. The molecule has 0 saturated heterocycles. The molecule has 0 unspecified atom stereocenters. The molecule has 23 heavy (non-hydrogen) atoms. The van der Waals surface area contributed by atoms with E-state index in [-0.39, 0.29) is 11.6 Å². The molecule has 0 spiro atoms. The van der Waals surface area contributed by atoms with Crippen molar-refractivity contribution in [2.75, 3.05) is 6.54 Å². The maximum atomic E-state index is 13.0. The van der Waals surface area contributed by atoms with Gasteiger partial charge in [-0.3, -0.25) is 4.79 Å². The van der Waals surface area contributed by atoms with E-state index in [1.807, 2.05) is 0 Å². The molecule has 6 heteroatoms. The number of alkyl halides is 3. The first-order valence-electron chi connectivity index (χ1n) is 7.58. The van der Waals surface area contributed by atoms with E-state index in [1.54, 1.807) is 13.0 Å². The Hall–Kier alpha value is -1.82. The normalized spacial score (nSPS) is 22.3. The largest absolute Gasteiger partial charge is 0.481 e. The van der Waals surface area contributed by atoms with E-state index in [1.165, 1.54) is 18.2 Å². The molecular formula is C17H20F3NO2. The highest BCUT2D eigenvalue weighted by Crippen LogP contribution is 2.33. The summed E-state index contributed by atoms with van der Waals surface area (Å²) in [5.74, 6) is -1.23. The topological polar surface area (TPSA) is 49.3 Å². The van der Waals surface area contributed by atoms with Gasteiger partial charge in [0.2, 0.25) is 0 Å². The van der Waals surface area contributed by atoms with Crippen molar-refractivity contribution in [2.24, 2.45) is 5.92 Å². The summed E-state index contributed by atoms with van der Waals surface area (Å²) in [6.45, 7) is 2.12. The van der Waals surface area contributed by atoms with Gasteiger partial charge in [-0.05, 0) is 31.4 Å². The maximum Gasteiger partial charge on any atom is 0.416 e. The molecular weight excluding hydrogens is 307 g/mol. The fourth-order valence-corrected chi connectivity index (χ4v) is 2.99. The molecule has 0 aliphatic heterocycles. The van der Waals surface area contributed by atoms with Crippen LogP contribution in [0.15, 0.2) is 29.8 Å². The Balaban J connectivity index is 2.05. The highest BCUT2D eigenvalue weighted by molar-refractivity contribution is 5.71. The number of carboxylic acids is 1. The maximum absolute atomic E-state index is 13.0. The summed E-state index contributed by atoms with van der Waals surface area (Å²) in [6.07, 6.45) is -0.606.